The van der Waals surface area contributed by atoms with Crippen molar-refractivity contribution in [2.24, 2.45) is 5.92 Å². The molecule has 6 nitrogen and oxygen atoms in total. The zero-order chi connectivity index (χ0) is 16.5. The third-order valence-electron chi connectivity index (χ3n) is 4.81. The summed E-state index contributed by atoms with van der Waals surface area (Å²) in [5.41, 5.74) is 0. The molecule has 0 aromatic rings. The first-order valence-electron chi connectivity index (χ1n) is 9.08. The van der Waals surface area contributed by atoms with Gasteiger partial charge in [0.2, 0.25) is 5.91 Å². The normalized spacial score (nSPS) is 23.3. The first-order chi connectivity index (χ1) is 11.1. The fourth-order valence-corrected chi connectivity index (χ4v) is 3.45. The van der Waals surface area contributed by atoms with E-state index < -0.39 is 0 Å². The lowest BCUT2D eigenvalue weighted by molar-refractivity contribution is -0.122. The van der Waals surface area contributed by atoms with Crippen molar-refractivity contribution in [3.8, 4) is 0 Å². The Bertz CT molecular complexity index is 377. The first kappa shape index (κ1) is 18.0. The number of urea groups is 1. The second kappa shape index (κ2) is 9.75. The summed E-state index contributed by atoms with van der Waals surface area (Å²) < 4.78 is 5.55. The van der Waals surface area contributed by atoms with Gasteiger partial charge in [0.1, 0.15) is 0 Å². The van der Waals surface area contributed by atoms with Crippen molar-refractivity contribution in [3.63, 3.8) is 0 Å². The van der Waals surface area contributed by atoms with E-state index in [1.807, 2.05) is 6.92 Å². The Labute approximate surface area is 139 Å². The molecule has 2 fully saturated rings. The van der Waals surface area contributed by atoms with Gasteiger partial charge in [0.05, 0.1) is 12.1 Å². The van der Waals surface area contributed by atoms with Crippen molar-refractivity contribution in [3.05, 3.63) is 0 Å². The summed E-state index contributed by atoms with van der Waals surface area (Å²) in [5.74, 6) is 0.652. The molecule has 3 N–H and O–H groups in total. The molecule has 1 saturated carbocycles. The quantitative estimate of drug-likeness (QED) is 0.626. The molecule has 2 rings (SSSR count). The smallest absolute Gasteiger partial charge is 0.315 e. The Hall–Kier alpha value is -1.30. The minimum absolute atomic E-state index is 0.0124. The van der Waals surface area contributed by atoms with E-state index in [0.717, 1.165) is 19.4 Å². The highest BCUT2D eigenvalue weighted by Gasteiger charge is 2.23. The third-order valence-corrected chi connectivity index (χ3v) is 4.81. The van der Waals surface area contributed by atoms with Gasteiger partial charge in [0.15, 0.2) is 0 Å². The second-order valence-corrected chi connectivity index (χ2v) is 6.80. The van der Waals surface area contributed by atoms with E-state index in [1.165, 1.54) is 32.1 Å². The summed E-state index contributed by atoms with van der Waals surface area (Å²) in [6.45, 7) is 3.67. The molecule has 2 atom stereocenters. The number of carbonyl (C=O) groups is 2. The van der Waals surface area contributed by atoms with Crippen molar-refractivity contribution in [1.29, 1.82) is 0 Å². The predicted octanol–water partition coefficient (Wildman–Crippen LogP) is 1.94. The van der Waals surface area contributed by atoms with Crippen molar-refractivity contribution in [2.75, 3.05) is 19.7 Å². The predicted molar refractivity (Wildman–Crippen MR) is 89.2 cm³/mol. The topological polar surface area (TPSA) is 79.5 Å². The van der Waals surface area contributed by atoms with Gasteiger partial charge in [-0.25, -0.2) is 4.79 Å². The third kappa shape index (κ3) is 6.77. The van der Waals surface area contributed by atoms with Crippen LogP contribution in [0.3, 0.4) is 0 Å². The minimum atomic E-state index is -0.200. The van der Waals surface area contributed by atoms with Gasteiger partial charge >= 0.3 is 6.03 Å². The van der Waals surface area contributed by atoms with Crippen LogP contribution in [0, 0.1) is 5.92 Å². The van der Waals surface area contributed by atoms with Gasteiger partial charge in [-0.05, 0) is 38.5 Å². The molecule has 0 spiro atoms. The summed E-state index contributed by atoms with van der Waals surface area (Å²) in [6.07, 6.45) is 8.97. The maximum Gasteiger partial charge on any atom is 0.315 e. The number of hydrogen-bond acceptors (Lipinski definition) is 3. The Morgan fingerprint density at radius 2 is 1.78 bits per heavy atom. The van der Waals surface area contributed by atoms with E-state index in [-0.39, 0.29) is 24.1 Å². The molecule has 0 aromatic carbocycles. The summed E-state index contributed by atoms with van der Waals surface area (Å²) in [6, 6.07) is -0.187. The van der Waals surface area contributed by atoms with Crippen LogP contribution in [-0.4, -0.2) is 43.8 Å². The van der Waals surface area contributed by atoms with Crippen molar-refractivity contribution in [1.82, 2.24) is 16.0 Å². The molecule has 1 aliphatic heterocycles. The molecule has 0 aromatic heterocycles. The van der Waals surface area contributed by atoms with Crippen LogP contribution >= 0.6 is 0 Å². The lowest BCUT2D eigenvalue weighted by Crippen LogP contribution is -2.47. The molecule has 1 heterocycles. The Kier molecular flexibility index (Phi) is 7.65. The number of amides is 3. The van der Waals surface area contributed by atoms with Crippen LogP contribution in [-0.2, 0) is 9.53 Å². The molecule has 6 heteroatoms. The number of hydrogen-bond donors (Lipinski definition) is 3. The highest BCUT2D eigenvalue weighted by Crippen LogP contribution is 2.25. The number of ether oxygens (including phenoxy) is 1. The molecule has 2 aliphatic rings. The van der Waals surface area contributed by atoms with Gasteiger partial charge in [0.25, 0.3) is 0 Å². The minimum Gasteiger partial charge on any atom is -0.376 e. The van der Waals surface area contributed by atoms with Gasteiger partial charge in [-0.1, -0.05) is 19.3 Å². The summed E-state index contributed by atoms with van der Waals surface area (Å²) in [5, 5.41) is 8.55. The van der Waals surface area contributed by atoms with Crippen LogP contribution in [0.25, 0.3) is 0 Å². The van der Waals surface area contributed by atoms with Crippen LogP contribution in [0.15, 0.2) is 0 Å². The monoisotopic (exact) mass is 325 g/mol. The van der Waals surface area contributed by atoms with Crippen LogP contribution in [0.2, 0.25) is 0 Å². The van der Waals surface area contributed by atoms with E-state index in [1.54, 1.807) is 0 Å². The molecule has 1 saturated heterocycles. The molecule has 0 radical (unpaired) electrons. The molecule has 132 valence electrons. The van der Waals surface area contributed by atoms with E-state index in [2.05, 4.69) is 16.0 Å². The lowest BCUT2D eigenvalue weighted by atomic mass is 9.87. The number of nitrogens with one attached hydrogen (secondary N) is 3. The molecule has 0 unspecified atom stereocenters. The highest BCUT2D eigenvalue weighted by atomic mass is 16.5. The van der Waals surface area contributed by atoms with Crippen molar-refractivity contribution >= 4 is 11.9 Å². The Morgan fingerprint density at radius 3 is 2.48 bits per heavy atom. The first-order valence-corrected chi connectivity index (χ1v) is 9.08. The van der Waals surface area contributed by atoms with E-state index in [9.17, 15) is 9.59 Å². The zero-order valence-electron chi connectivity index (χ0n) is 14.2. The standard InChI is InChI=1S/C17H31N3O3/c1-13(15-8-5-11-23-15)20-17(22)19-10-9-18-16(21)12-14-6-3-2-4-7-14/h13-15H,2-12H2,1H3,(H,18,21)(H2,19,20,22)/t13-,15+/m0/s1. The van der Waals surface area contributed by atoms with Crippen LogP contribution in [0.4, 0.5) is 4.79 Å². The van der Waals surface area contributed by atoms with Gasteiger partial charge in [0, 0.05) is 26.1 Å². The Morgan fingerprint density at radius 1 is 1.04 bits per heavy atom. The summed E-state index contributed by atoms with van der Waals surface area (Å²) in [7, 11) is 0. The fraction of sp³-hybridized carbons (Fsp3) is 0.882. The van der Waals surface area contributed by atoms with Gasteiger partial charge in [-0.3, -0.25) is 4.79 Å². The number of rotatable bonds is 7. The van der Waals surface area contributed by atoms with Crippen molar-refractivity contribution < 1.29 is 14.3 Å². The zero-order valence-corrected chi connectivity index (χ0v) is 14.2. The highest BCUT2D eigenvalue weighted by molar-refractivity contribution is 5.76. The van der Waals surface area contributed by atoms with Gasteiger partial charge < -0.3 is 20.7 Å². The maximum atomic E-state index is 11.9. The lowest BCUT2D eigenvalue weighted by Gasteiger charge is -2.21. The van der Waals surface area contributed by atoms with Crippen LogP contribution in [0.1, 0.15) is 58.3 Å². The van der Waals surface area contributed by atoms with E-state index in [4.69, 9.17) is 4.74 Å². The molecule has 23 heavy (non-hydrogen) atoms. The fourth-order valence-electron chi connectivity index (χ4n) is 3.45. The average Bonchev–Trinajstić information content (AvgIpc) is 3.07. The largest absolute Gasteiger partial charge is 0.376 e. The SMILES string of the molecule is C[C@H](NC(=O)NCCNC(=O)CC1CCCCC1)[C@H]1CCCO1. The molecular weight excluding hydrogens is 294 g/mol. The van der Waals surface area contributed by atoms with Gasteiger partial charge in [-0.2, -0.15) is 0 Å². The average molecular weight is 325 g/mol. The van der Waals surface area contributed by atoms with E-state index >= 15 is 0 Å². The molecule has 3 amide bonds. The summed E-state index contributed by atoms with van der Waals surface area (Å²) >= 11 is 0. The van der Waals surface area contributed by atoms with Gasteiger partial charge in [-0.15, -0.1) is 0 Å². The van der Waals surface area contributed by atoms with Crippen LogP contribution in [0.5, 0.6) is 0 Å². The summed E-state index contributed by atoms with van der Waals surface area (Å²) in [4.78, 5) is 23.6. The second-order valence-electron chi connectivity index (χ2n) is 6.80. The van der Waals surface area contributed by atoms with Crippen LogP contribution < -0.4 is 16.0 Å². The molecule has 0 bridgehead atoms. The molecule has 1 aliphatic carbocycles. The maximum absolute atomic E-state index is 11.9. The number of carbonyl (C=O) groups excluding carboxylic acids is 2. The molecular formula is C17H31N3O3. The van der Waals surface area contributed by atoms with Crippen molar-refractivity contribution in [2.45, 2.75) is 70.4 Å². The van der Waals surface area contributed by atoms with E-state index in [0.29, 0.717) is 25.4 Å². The Balaban J connectivity index is 1.50.